The first-order valence-electron chi connectivity index (χ1n) is 9.06. The van der Waals surface area contributed by atoms with E-state index in [2.05, 4.69) is 42.5 Å². The summed E-state index contributed by atoms with van der Waals surface area (Å²) in [5.41, 5.74) is 12.9. The third-order valence-electron chi connectivity index (χ3n) is 4.72. The zero-order valence-corrected chi connectivity index (χ0v) is 16.5. The summed E-state index contributed by atoms with van der Waals surface area (Å²) >= 11 is 6.52. The van der Waals surface area contributed by atoms with Gasteiger partial charge in [-0.1, -0.05) is 48.0 Å². The van der Waals surface area contributed by atoms with E-state index in [1.54, 1.807) is 0 Å². The molecule has 0 aliphatic heterocycles. The Kier molecular flexibility index (Phi) is 4.80. The Morgan fingerprint density at radius 2 is 1.64 bits per heavy atom. The molecule has 5 heteroatoms. The standard InChI is InChI=1S/C23H21ClN4/c1-15-4-3-5-16(2)23(15)28-13-12-22(27-28)26-19-10-11-20(21(24)14-19)17-6-8-18(25)9-7-17/h3-14H,25H2,1-2H3,(H,26,27). The zero-order chi connectivity index (χ0) is 19.7. The number of para-hydroxylation sites is 1. The number of nitrogens with two attached hydrogens (primary N) is 1. The first-order valence-corrected chi connectivity index (χ1v) is 9.44. The van der Waals surface area contributed by atoms with Crippen LogP contribution in [0, 0.1) is 13.8 Å². The average Bonchev–Trinajstić information content (AvgIpc) is 3.11. The van der Waals surface area contributed by atoms with E-state index in [1.165, 1.54) is 11.1 Å². The summed E-state index contributed by atoms with van der Waals surface area (Å²) in [5, 5.41) is 8.66. The topological polar surface area (TPSA) is 55.9 Å². The monoisotopic (exact) mass is 388 g/mol. The van der Waals surface area contributed by atoms with Crippen LogP contribution in [0.4, 0.5) is 17.2 Å². The summed E-state index contributed by atoms with van der Waals surface area (Å²) in [6.07, 6.45) is 1.96. The molecule has 0 aliphatic rings. The quantitative estimate of drug-likeness (QED) is 0.413. The molecule has 0 atom stereocenters. The van der Waals surface area contributed by atoms with Crippen molar-refractivity contribution in [3.63, 3.8) is 0 Å². The molecule has 4 aromatic rings. The number of anilines is 3. The van der Waals surface area contributed by atoms with Gasteiger partial charge in [0.25, 0.3) is 0 Å². The molecule has 4 nitrogen and oxygen atoms in total. The summed E-state index contributed by atoms with van der Waals surface area (Å²) in [5.74, 6) is 0.763. The van der Waals surface area contributed by atoms with Gasteiger partial charge in [0.15, 0.2) is 5.82 Å². The first kappa shape index (κ1) is 18.1. The minimum atomic E-state index is 0.670. The van der Waals surface area contributed by atoms with Crippen LogP contribution in [0.25, 0.3) is 16.8 Å². The van der Waals surface area contributed by atoms with Gasteiger partial charge in [-0.15, -0.1) is 0 Å². The Labute approximate surface area is 169 Å². The molecule has 0 saturated carbocycles. The third-order valence-corrected chi connectivity index (χ3v) is 5.03. The maximum absolute atomic E-state index is 6.52. The number of hydrogen-bond acceptors (Lipinski definition) is 3. The van der Waals surface area contributed by atoms with Gasteiger partial charge in [-0.25, -0.2) is 4.68 Å². The highest BCUT2D eigenvalue weighted by atomic mass is 35.5. The van der Waals surface area contributed by atoms with Crippen molar-refractivity contribution < 1.29 is 0 Å². The molecular formula is C23H21ClN4. The van der Waals surface area contributed by atoms with Crippen molar-refractivity contribution in [2.75, 3.05) is 11.1 Å². The highest BCUT2D eigenvalue weighted by Crippen LogP contribution is 2.31. The maximum Gasteiger partial charge on any atom is 0.152 e. The van der Waals surface area contributed by atoms with Crippen molar-refractivity contribution in [2.45, 2.75) is 13.8 Å². The van der Waals surface area contributed by atoms with Gasteiger partial charge in [-0.05, 0) is 54.8 Å². The van der Waals surface area contributed by atoms with Crippen molar-refractivity contribution in [3.8, 4) is 16.8 Å². The van der Waals surface area contributed by atoms with E-state index in [1.807, 2.05) is 59.4 Å². The second kappa shape index (κ2) is 7.41. The van der Waals surface area contributed by atoms with Crippen LogP contribution >= 0.6 is 11.6 Å². The van der Waals surface area contributed by atoms with Crippen LogP contribution in [-0.4, -0.2) is 9.78 Å². The molecule has 0 bridgehead atoms. The number of rotatable bonds is 4. The zero-order valence-electron chi connectivity index (χ0n) is 15.8. The number of nitrogens with zero attached hydrogens (tertiary/aromatic N) is 2. The van der Waals surface area contributed by atoms with E-state index < -0.39 is 0 Å². The van der Waals surface area contributed by atoms with Gasteiger partial charge in [0.2, 0.25) is 0 Å². The van der Waals surface area contributed by atoms with Crippen LogP contribution in [0.5, 0.6) is 0 Å². The lowest BCUT2D eigenvalue weighted by Crippen LogP contribution is -2.01. The minimum Gasteiger partial charge on any atom is -0.399 e. The fourth-order valence-electron chi connectivity index (χ4n) is 3.32. The molecule has 0 saturated heterocycles. The summed E-state index contributed by atoms with van der Waals surface area (Å²) in [6, 6.07) is 21.8. The lowest BCUT2D eigenvalue weighted by Gasteiger charge is -2.10. The highest BCUT2D eigenvalue weighted by Gasteiger charge is 2.09. The maximum atomic E-state index is 6.52. The van der Waals surface area contributed by atoms with Crippen LogP contribution in [0.1, 0.15) is 11.1 Å². The number of nitrogens with one attached hydrogen (secondary N) is 1. The third kappa shape index (κ3) is 3.59. The van der Waals surface area contributed by atoms with Gasteiger partial charge in [0, 0.05) is 29.2 Å². The predicted octanol–water partition coefficient (Wildman–Crippen LogP) is 6.14. The summed E-state index contributed by atoms with van der Waals surface area (Å²) in [7, 11) is 0. The molecule has 0 amide bonds. The molecule has 28 heavy (non-hydrogen) atoms. The summed E-state index contributed by atoms with van der Waals surface area (Å²) in [6.45, 7) is 4.18. The molecule has 0 radical (unpaired) electrons. The van der Waals surface area contributed by atoms with Crippen LogP contribution in [0.2, 0.25) is 5.02 Å². The lowest BCUT2D eigenvalue weighted by molar-refractivity contribution is 0.868. The van der Waals surface area contributed by atoms with Crippen LogP contribution in [0.15, 0.2) is 72.9 Å². The average molecular weight is 389 g/mol. The van der Waals surface area contributed by atoms with Gasteiger partial charge in [-0.3, -0.25) is 0 Å². The predicted molar refractivity (Wildman–Crippen MR) is 118 cm³/mol. The van der Waals surface area contributed by atoms with Crippen molar-refractivity contribution in [3.05, 3.63) is 89.1 Å². The van der Waals surface area contributed by atoms with E-state index in [9.17, 15) is 0 Å². The SMILES string of the molecule is Cc1cccc(C)c1-n1ccc(Nc2ccc(-c3ccc(N)cc3)c(Cl)c2)n1. The lowest BCUT2D eigenvalue weighted by atomic mass is 10.0. The normalized spacial score (nSPS) is 10.8. The number of halogens is 1. The van der Waals surface area contributed by atoms with Crippen molar-refractivity contribution >= 4 is 28.8 Å². The van der Waals surface area contributed by atoms with Crippen molar-refractivity contribution in [2.24, 2.45) is 0 Å². The van der Waals surface area contributed by atoms with Gasteiger partial charge < -0.3 is 11.1 Å². The van der Waals surface area contributed by atoms with Crippen LogP contribution < -0.4 is 11.1 Å². The van der Waals surface area contributed by atoms with Gasteiger partial charge in [0.1, 0.15) is 0 Å². The van der Waals surface area contributed by atoms with Crippen LogP contribution in [-0.2, 0) is 0 Å². The number of aryl methyl sites for hydroxylation is 2. The second-order valence-electron chi connectivity index (χ2n) is 6.83. The van der Waals surface area contributed by atoms with Crippen molar-refractivity contribution in [1.82, 2.24) is 9.78 Å². The molecule has 0 aliphatic carbocycles. The minimum absolute atomic E-state index is 0.670. The molecule has 0 unspecified atom stereocenters. The summed E-state index contributed by atoms with van der Waals surface area (Å²) < 4.78 is 1.90. The number of nitrogen functional groups attached to an aromatic ring is 1. The molecule has 0 spiro atoms. The van der Waals surface area contributed by atoms with Gasteiger partial charge >= 0.3 is 0 Å². The Morgan fingerprint density at radius 1 is 0.929 bits per heavy atom. The second-order valence-corrected chi connectivity index (χ2v) is 7.23. The molecule has 0 fully saturated rings. The Morgan fingerprint density at radius 3 is 2.32 bits per heavy atom. The smallest absolute Gasteiger partial charge is 0.152 e. The number of hydrogen-bond donors (Lipinski definition) is 2. The number of aromatic nitrogens is 2. The fraction of sp³-hybridized carbons (Fsp3) is 0.0870. The molecular weight excluding hydrogens is 368 g/mol. The largest absolute Gasteiger partial charge is 0.399 e. The highest BCUT2D eigenvalue weighted by molar-refractivity contribution is 6.33. The van der Waals surface area contributed by atoms with Crippen LogP contribution in [0.3, 0.4) is 0 Å². The molecule has 1 aromatic heterocycles. The van der Waals surface area contributed by atoms with E-state index >= 15 is 0 Å². The first-order chi connectivity index (χ1) is 13.5. The number of benzene rings is 3. The molecule has 4 rings (SSSR count). The van der Waals surface area contributed by atoms with Gasteiger partial charge in [0.05, 0.1) is 10.7 Å². The molecule has 1 heterocycles. The molecule has 3 N–H and O–H groups in total. The Balaban J connectivity index is 1.58. The fourth-order valence-corrected chi connectivity index (χ4v) is 3.61. The van der Waals surface area contributed by atoms with E-state index in [4.69, 9.17) is 17.3 Å². The van der Waals surface area contributed by atoms with E-state index in [0.717, 1.165) is 34.0 Å². The van der Waals surface area contributed by atoms with Gasteiger partial charge in [-0.2, -0.15) is 5.10 Å². The van der Waals surface area contributed by atoms with E-state index in [0.29, 0.717) is 5.02 Å². The molecule has 3 aromatic carbocycles. The Bertz CT molecular complexity index is 1110. The van der Waals surface area contributed by atoms with Crippen molar-refractivity contribution in [1.29, 1.82) is 0 Å². The van der Waals surface area contributed by atoms with E-state index in [-0.39, 0.29) is 0 Å². The summed E-state index contributed by atoms with van der Waals surface area (Å²) in [4.78, 5) is 0. The Hall–Kier alpha value is -3.24. The molecule has 140 valence electrons.